The van der Waals surface area contributed by atoms with E-state index in [-0.39, 0.29) is 10.9 Å². The molecular formula is C11H8BrF3N2O2S. The highest BCUT2D eigenvalue weighted by Crippen LogP contribution is 2.29. The third-order valence-corrected chi connectivity index (χ3v) is 3.79. The van der Waals surface area contributed by atoms with Crippen LogP contribution in [0.2, 0.25) is 0 Å². The molecule has 0 saturated carbocycles. The summed E-state index contributed by atoms with van der Waals surface area (Å²) >= 11 is 3.98. The predicted molar refractivity (Wildman–Crippen MR) is 71.8 cm³/mol. The van der Waals surface area contributed by atoms with Crippen molar-refractivity contribution in [2.24, 2.45) is 0 Å². The monoisotopic (exact) mass is 368 g/mol. The van der Waals surface area contributed by atoms with Crippen molar-refractivity contribution in [3.63, 3.8) is 0 Å². The van der Waals surface area contributed by atoms with Gasteiger partial charge in [0.15, 0.2) is 5.16 Å². The molecule has 0 aliphatic carbocycles. The summed E-state index contributed by atoms with van der Waals surface area (Å²) in [6.07, 6.45) is -4.40. The first-order valence-electron chi connectivity index (χ1n) is 5.33. The highest BCUT2D eigenvalue weighted by atomic mass is 79.9. The second-order valence-electron chi connectivity index (χ2n) is 3.91. The average molecular weight is 369 g/mol. The fourth-order valence-corrected chi connectivity index (χ4v) is 2.73. The molecule has 1 aromatic carbocycles. The molecule has 0 amide bonds. The number of benzene rings is 1. The van der Waals surface area contributed by atoms with Gasteiger partial charge in [0.05, 0.1) is 16.8 Å². The van der Waals surface area contributed by atoms with Crippen molar-refractivity contribution in [1.29, 1.82) is 0 Å². The van der Waals surface area contributed by atoms with E-state index in [0.717, 1.165) is 16.3 Å². The number of imidazole rings is 1. The van der Waals surface area contributed by atoms with Gasteiger partial charge < -0.3 is 9.67 Å². The van der Waals surface area contributed by atoms with Gasteiger partial charge in [0, 0.05) is 4.47 Å². The quantitative estimate of drug-likeness (QED) is 0.838. The molecule has 0 unspecified atom stereocenters. The number of halogens is 4. The molecule has 0 fully saturated rings. The van der Waals surface area contributed by atoms with Gasteiger partial charge in [-0.2, -0.15) is 13.2 Å². The fraction of sp³-hybridized carbons (Fsp3) is 0.273. The molecule has 0 atom stereocenters. The molecule has 2 aromatic rings. The van der Waals surface area contributed by atoms with Gasteiger partial charge in [0.25, 0.3) is 0 Å². The van der Waals surface area contributed by atoms with E-state index < -0.39 is 18.7 Å². The first-order chi connectivity index (χ1) is 9.26. The molecule has 0 saturated heterocycles. The molecule has 0 bridgehead atoms. The summed E-state index contributed by atoms with van der Waals surface area (Å²) in [5.74, 6) is -1.45. The van der Waals surface area contributed by atoms with E-state index in [1.165, 1.54) is 6.07 Å². The predicted octanol–water partition coefficient (Wildman–Crippen LogP) is 3.54. The van der Waals surface area contributed by atoms with Crippen LogP contribution in [0.1, 0.15) is 0 Å². The summed E-state index contributed by atoms with van der Waals surface area (Å²) in [4.78, 5) is 14.6. The third-order valence-electron chi connectivity index (χ3n) is 2.34. The number of rotatable bonds is 4. The van der Waals surface area contributed by atoms with Crippen molar-refractivity contribution in [1.82, 2.24) is 9.55 Å². The maximum absolute atomic E-state index is 12.6. The molecule has 0 spiro atoms. The van der Waals surface area contributed by atoms with Gasteiger partial charge in [0.1, 0.15) is 6.54 Å². The molecule has 0 aliphatic heterocycles. The van der Waals surface area contributed by atoms with Crippen LogP contribution < -0.4 is 0 Å². The number of nitrogens with zero attached hydrogens (tertiary/aromatic N) is 2. The average Bonchev–Trinajstić information content (AvgIpc) is 2.62. The van der Waals surface area contributed by atoms with Crippen molar-refractivity contribution >= 4 is 44.7 Å². The third kappa shape index (κ3) is 3.66. The Morgan fingerprint density at radius 2 is 2.15 bits per heavy atom. The van der Waals surface area contributed by atoms with Crippen LogP contribution in [0.5, 0.6) is 0 Å². The van der Waals surface area contributed by atoms with E-state index >= 15 is 0 Å². The standard InChI is InChI=1S/C11H8BrF3N2O2S/c12-6-1-2-8-7(3-6)16-10(20-4-9(18)19)17(8)5-11(13,14)15/h1-3H,4-5H2,(H,18,19). The van der Waals surface area contributed by atoms with Crippen molar-refractivity contribution < 1.29 is 23.1 Å². The molecule has 1 heterocycles. The highest BCUT2D eigenvalue weighted by Gasteiger charge is 2.30. The molecular weight excluding hydrogens is 361 g/mol. The molecule has 1 N–H and O–H groups in total. The van der Waals surface area contributed by atoms with Gasteiger partial charge in [-0.3, -0.25) is 4.79 Å². The first-order valence-corrected chi connectivity index (χ1v) is 7.11. The largest absolute Gasteiger partial charge is 0.481 e. The summed E-state index contributed by atoms with van der Waals surface area (Å²) in [7, 11) is 0. The lowest BCUT2D eigenvalue weighted by molar-refractivity contribution is -0.141. The molecule has 1 aromatic heterocycles. The van der Waals surface area contributed by atoms with Crippen LogP contribution in [0.15, 0.2) is 27.8 Å². The van der Waals surface area contributed by atoms with Gasteiger partial charge in [-0.1, -0.05) is 27.7 Å². The number of carboxylic acid groups (broad SMARTS) is 1. The second kappa shape index (κ2) is 5.65. The summed E-state index contributed by atoms with van der Waals surface area (Å²) in [5.41, 5.74) is 0.704. The van der Waals surface area contributed by atoms with Gasteiger partial charge in [-0.05, 0) is 18.2 Å². The van der Waals surface area contributed by atoms with Gasteiger partial charge in [-0.15, -0.1) is 0 Å². The van der Waals surface area contributed by atoms with Crippen LogP contribution in [-0.2, 0) is 11.3 Å². The molecule has 4 nitrogen and oxygen atoms in total. The number of hydrogen-bond donors (Lipinski definition) is 1. The van der Waals surface area contributed by atoms with Gasteiger partial charge >= 0.3 is 12.1 Å². The highest BCUT2D eigenvalue weighted by molar-refractivity contribution is 9.10. The number of carbonyl (C=O) groups is 1. The van der Waals surface area contributed by atoms with Crippen molar-refractivity contribution in [2.75, 3.05) is 5.75 Å². The van der Waals surface area contributed by atoms with Crippen LogP contribution in [0.4, 0.5) is 13.2 Å². The lowest BCUT2D eigenvalue weighted by Crippen LogP contribution is -2.18. The topological polar surface area (TPSA) is 55.1 Å². The molecule has 9 heteroatoms. The van der Waals surface area contributed by atoms with E-state index in [1.54, 1.807) is 12.1 Å². The molecule has 0 aliphatic rings. The Morgan fingerprint density at radius 1 is 1.45 bits per heavy atom. The number of aromatic nitrogens is 2. The van der Waals surface area contributed by atoms with Crippen LogP contribution in [0, 0.1) is 0 Å². The normalized spacial score (nSPS) is 12.0. The lowest BCUT2D eigenvalue weighted by atomic mass is 10.3. The Hall–Kier alpha value is -1.22. The van der Waals surface area contributed by atoms with E-state index in [0.29, 0.717) is 15.5 Å². The summed E-state index contributed by atoms with van der Waals surface area (Å²) < 4.78 is 39.5. The Labute approximate surface area is 124 Å². The zero-order valence-electron chi connectivity index (χ0n) is 9.82. The van der Waals surface area contributed by atoms with Gasteiger partial charge in [-0.25, -0.2) is 4.98 Å². The summed E-state index contributed by atoms with van der Waals surface area (Å²) in [6.45, 7) is -1.20. The Bertz CT molecular complexity index is 657. The number of hydrogen-bond acceptors (Lipinski definition) is 3. The van der Waals surface area contributed by atoms with Crippen molar-refractivity contribution in [2.45, 2.75) is 17.9 Å². The second-order valence-corrected chi connectivity index (χ2v) is 5.77. The maximum atomic E-state index is 12.6. The number of aliphatic carboxylic acids is 1. The first kappa shape index (κ1) is 15.2. The van der Waals surface area contributed by atoms with Crippen LogP contribution >= 0.6 is 27.7 Å². The minimum atomic E-state index is -4.40. The smallest absolute Gasteiger partial charge is 0.406 e. The number of fused-ring (bicyclic) bond motifs is 1. The number of alkyl halides is 3. The molecule has 2 rings (SSSR count). The minimum Gasteiger partial charge on any atom is -0.481 e. The van der Waals surface area contributed by atoms with Crippen LogP contribution in [0.25, 0.3) is 11.0 Å². The van der Waals surface area contributed by atoms with Crippen LogP contribution in [0.3, 0.4) is 0 Å². The summed E-state index contributed by atoms with van der Waals surface area (Å²) in [6, 6.07) is 4.72. The Balaban J connectivity index is 2.47. The van der Waals surface area contributed by atoms with Gasteiger partial charge in [0.2, 0.25) is 0 Å². The van der Waals surface area contributed by atoms with Crippen LogP contribution in [-0.4, -0.2) is 32.6 Å². The molecule has 108 valence electrons. The fourth-order valence-electron chi connectivity index (χ4n) is 1.65. The Morgan fingerprint density at radius 3 is 2.75 bits per heavy atom. The molecule has 0 radical (unpaired) electrons. The SMILES string of the molecule is O=C(O)CSc1nc2cc(Br)ccc2n1CC(F)(F)F. The number of carboxylic acids is 1. The minimum absolute atomic E-state index is 0.0397. The lowest BCUT2D eigenvalue weighted by Gasteiger charge is -2.11. The number of thioether (sulfide) groups is 1. The van der Waals surface area contributed by atoms with Crippen molar-refractivity contribution in [3.8, 4) is 0 Å². The maximum Gasteiger partial charge on any atom is 0.406 e. The van der Waals surface area contributed by atoms with Crippen molar-refractivity contribution in [3.05, 3.63) is 22.7 Å². The van der Waals surface area contributed by atoms with E-state index in [4.69, 9.17) is 5.11 Å². The molecule has 20 heavy (non-hydrogen) atoms. The van der Waals surface area contributed by atoms with E-state index in [9.17, 15) is 18.0 Å². The van der Waals surface area contributed by atoms with E-state index in [2.05, 4.69) is 20.9 Å². The zero-order valence-corrected chi connectivity index (χ0v) is 12.2. The Kier molecular flexibility index (Phi) is 4.28. The van der Waals surface area contributed by atoms with E-state index in [1.807, 2.05) is 0 Å². The zero-order chi connectivity index (χ0) is 14.9. The summed E-state index contributed by atoms with van der Waals surface area (Å²) in [5, 5.41) is 8.67.